The number of rotatable bonds is 6. The van der Waals surface area contributed by atoms with Crippen LogP contribution in [0.4, 0.5) is 5.69 Å². The average Bonchev–Trinajstić information content (AvgIpc) is 3.35. The topological polar surface area (TPSA) is 120 Å². The highest BCUT2D eigenvalue weighted by Crippen LogP contribution is 2.50. The van der Waals surface area contributed by atoms with E-state index >= 15 is 0 Å². The van der Waals surface area contributed by atoms with E-state index in [1.54, 1.807) is 6.07 Å². The predicted octanol–water partition coefficient (Wildman–Crippen LogP) is 6.60. The van der Waals surface area contributed by atoms with Crippen LogP contribution in [0.15, 0.2) is 89.9 Å². The maximum absolute atomic E-state index is 13.5. The number of guanidine groups is 1. The molecule has 0 radical (unpaired) electrons. The summed E-state index contributed by atoms with van der Waals surface area (Å²) >= 11 is 0. The van der Waals surface area contributed by atoms with Crippen molar-refractivity contribution in [3.8, 4) is 22.6 Å². The van der Waals surface area contributed by atoms with Gasteiger partial charge in [0.05, 0.1) is 22.9 Å². The Morgan fingerprint density at radius 2 is 1.60 bits per heavy atom. The molecule has 1 unspecified atom stereocenters. The molecule has 0 saturated heterocycles. The number of nitrogens with two attached hydrogens (primary N) is 2. The van der Waals surface area contributed by atoms with E-state index in [-0.39, 0.29) is 17.2 Å². The van der Waals surface area contributed by atoms with Gasteiger partial charge in [0, 0.05) is 17.7 Å². The largest absolute Gasteiger partial charge is 0.459 e. The van der Waals surface area contributed by atoms with E-state index in [2.05, 4.69) is 0 Å². The SMILES string of the molecule is NC(=O)c1c(C(=O)OC2CCCCC2)ccc2c1C(N1Cc3cc(Oc4ccccc4)ccc3N=C1N)c1ccccc1-2. The van der Waals surface area contributed by atoms with Gasteiger partial charge in [-0.05, 0) is 78.8 Å². The molecule has 4 N–H and O–H groups in total. The lowest BCUT2D eigenvalue weighted by Gasteiger charge is -2.35. The van der Waals surface area contributed by atoms with Gasteiger partial charge in [0.2, 0.25) is 5.91 Å². The van der Waals surface area contributed by atoms with Gasteiger partial charge in [-0.15, -0.1) is 0 Å². The lowest BCUT2D eigenvalue weighted by atomic mass is 9.92. The number of hydrogen-bond acceptors (Lipinski definition) is 7. The second kappa shape index (κ2) is 10.9. The van der Waals surface area contributed by atoms with Crippen LogP contribution in [0.2, 0.25) is 0 Å². The van der Waals surface area contributed by atoms with E-state index < -0.39 is 17.9 Å². The summed E-state index contributed by atoms with van der Waals surface area (Å²) < 4.78 is 12.0. The zero-order valence-electron chi connectivity index (χ0n) is 23.7. The van der Waals surface area contributed by atoms with Crippen molar-refractivity contribution in [2.24, 2.45) is 16.5 Å². The number of esters is 1. The summed E-state index contributed by atoms with van der Waals surface area (Å²) in [5, 5.41) is 0. The van der Waals surface area contributed by atoms with Crippen molar-refractivity contribution < 1.29 is 19.1 Å². The van der Waals surface area contributed by atoms with Gasteiger partial charge >= 0.3 is 5.97 Å². The van der Waals surface area contributed by atoms with E-state index in [4.69, 9.17) is 25.9 Å². The van der Waals surface area contributed by atoms with Crippen molar-refractivity contribution in [3.63, 3.8) is 0 Å². The average molecular weight is 573 g/mol. The van der Waals surface area contributed by atoms with Gasteiger partial charge in [0.25, 0.3) is 0 Å². The Balaban J connectivity index is 1.29. The molecule has 1 aliphatic heterocycles. The number of ether oxygens (including phenoxy) is 2. The monoisotopic (exact) mass is 572 g/mol. The van der Waals surface area contributed by atoms with Crippen LogP contribution in [-0.4, -0.2) is 28.8 Å². The Morgan fingerprint density at radius 1 is 0.837 bits per heavy atom. The van der Waals surface area contributed by atoms with Crippen molar-refractivity contribution in [1.29, 1.82) is 0 Å². The quantitative estimate of drug-likeness (QED) is 0.251. The zero-order chi connectivity index (χ0) is 29.5. The van der Waals surface area contributed by atoms with Gasteiger partial charge in [-0.25, -0.2) is 9.79 Å². The third kappa shape index (κ3) is 4.88. The van der Waals surface area contributed by atoms with E-state index in [1.807, 2.05) is 83.8 Å². The van der Waals surface area contributed by atoms with Crippen molar-refractivity contribution in [2.45, 2.75) is 50.8 Å². The number of nitrogens with zero attached hydrogens (tertiary/aromatic N) is 2. The molecule has 1 fully saturated rings. The number of para-hydroxylation sites is 1. The van der Waals surface area contributed by atoms with Gasteiger partial charge in [-0.2, -0.15) is 0 Å². The molecule has 216 valence electrons. The number of primary amides is 1. The van der Waals surface area contributed by atoms with E-state index in [0.29, 0.717) is 23.8 Å². The molecule has 2 aliphatic carbocycles. The summed E-state index contributed by atoms with van der Waals surface area (Å²) in [5.74, 6) is 0.514. The van der Waals surface area contributed by atoms with Crippen molar-refractivity contribution in [2.75, 3.05) is 0 Å². The Bertz CT molecular complexity index is 1760. The maximum Gasteiger partial charge on any atom is 0.339 e. The Labute approximate surface area is 249 Å². The number of aliphatic imine (C=N–C) groups is 1. The summed E-state index contributed by atoms with van der Waals surface area (Å²) in [6.45, 7) is 0.407. The van der Waals surface area contributed by atoms with Gasteiger partial charge in [-0.1, -0.05) is 55.0 Å². The predicted molar refractivity (Wildman–Crippen MR) is 164 cm³/mol. The van der Waals surface area contributed by atoms with E-state index in [0.717, 1.165) is 65.8 Å². The summed E-state index contributed by atoms with van der Waals surface area (Å²) in [4.78, 5) is 33.4. The van der Waals surface area contributed by atoms with Crippen LogP contribution in [0, 0.1) is 0 Å². The number of hydrogen-bond donors (Lipinski definition) is 2. The minimum Gasteiger partial charge on any atom is -0.459 e. The lowest BCUT2D eigenvalue weighted by molar-refractivity contribution is 0.0209. The summed E-state index contributed by atoms with van der Waals surface area (Å²) in [7, 11) is 0. The lowest BCUT2D eigenvalue weighted by Crippen LogP contribution is -2.41. The molecule has 4 aromatic carbocycles. The number of carbonyl (C=O) groups is 2. The van der Waals surface area contributed by atoms with Crippen molar-refractivity contribution in [3.05, 3.63) is 113 Å². The molecule has 0 spiro atoms. The Morgan fingerprint density at radius 3 is 2.40 bits per heavy atom. The van der Waals surface area contributed by atoms with Crippen LogP contribution in [0.25, 0.3) is 11.1 Å². The third-order valence-electron chi connectivity index (χ3n) is 8.57. The second-order valence-electron chi connectivity index (χ2n) is 11.3. The molecule has 3 aliphatic rings. The second-order valence-corrected chi connectivity index (χ2v) is 11.3. The molecule has 8 nitrogen and oxygen atoms in total. The van der Waals surface area contributed by atoms with Crippen LogP contribution in [0.5, 0.6) is 11.5 Å². The maximum atomic E-state index is 13.5. The molecular weight excluding hydrogens is 540 g/mol. The number of carbonyl (C=O) groups excluding carboxylic acids is 2. The number of benzene rings is 4. The Hall–Kier alpha value is -5.11. The fraction of sp³-hybridized carbons (Fsp3) is 0.229. The molecule has 1 amide bonds. The molecule has 4 aromatic rings. The van der Waals surface area contributed by atoms with Crippen LogP contribution in [-0.2, 0) is 11.3 Å². The van der Waals surface area contributed by atoms with Gasteiger partial charge in [0.1, 0.15) is 17.6 Å². The normalized spacial score (nSPS) is 17.3. The first-order valence-electron chi connectivity index (χ1n) is 14.7. The molecular formula is C35H32N4O4. The van der Waals surface area contributed by atoms with Gasteiger partial charge < -0.3 is 25.8 Å². The van der Waals surface area contributed by atoms with Gasteiger partial charge in [-0.3, -0.25) is 4.79 Å². The van der Waals surface area contributed by atoms with Crippen LogP contribution in [0.1, 0.15) is 75.6 Å². The number of fused-ring (bicyclic) bond motifs is 4. The first-order chi connectivity index (χ1) is 21.0. The third-order valence-corrected chi connectivity index (χ3v) is 8.57. The highest BCUT2D eigenvalue weighted by Gasteiger charge is 2.40. The number of amides is 1. The van der Waals surface area contributed by atoms with Crippen LogP contribution >= 0.6 is 0 Å². The zero-order valence-corrected chi connectivity index (χ0v) is 23.7. The highest BCUT2D eigenvalue weighted by molar-refractivity contribution is 6.08. The summed E-state index contributed by atoms with van der Waals surface area (Å²) in [5.41, 5.74) is 18.1. The minimum atomic E-state index is -0.684. The first kappa shape index (κ1) is 26.8. The fourth-order valence-corrected chi connectivity index (χ4v) is 6.59. The summed E-state index contributed by atoms with van der Waals surface area (Å²) in [6, 6.07) is 26.3. The molecule has 1 heterocycles. The van der Waals surface area contributed by atoms with E-state index in [1.165, 1.54) is 0 Å². The smallest absolute Gasteiger partial charge is 0.339 e. The summed E-state index contributed by atoms with van der Waals surface area (Å²) in [6.07, 6.45) is 4.68. The minimum absolute atomic E-state index is 0.156. The van der Waals surface area contributed by atoms with Crippen LogP contribution in [0.3, 0.4) is 0 Å². The molecule has 0 bridgehead atoms. The van der Waals surface area contributed by atoms with Crippen molar-refractivity contribution >= 4 is 23.5 Å². The van der Waals surface area contributed by atoms with Gasteiger partial charge in [0.15, 0.2) is 5.96 Å². The van der Waals surface area contributed by atoms with E-state index in [9.17, 15) is 9.59 Å². The van der Waals surface area contributed by atoms with Crippen LogP contribution < -0.4 is 16.2 Å². The standard InChI is InChI=1S/C35H32N4O4/c36-33(40)31-28(34(41)43-23-11-5-2-6-12-23)17-16-26-25-13-7-8-14-27(25)32(30(26)31)39-20-21-19-24(15-18-29(21)38-35(39)37)42-22-9-3-1-4-10-22/h1,3-4,7-10,13-19,23,32H,2,5-6,11-12,20H2,(H2,36,40)(H2,37,38). The molecule has 7 rings (SSSR count). The first-order valence-corrected chi connectivity index (χ1v) is 14.7. The Kier molecular flexibility index (Phi) is 6.81. The molecule has 1 atom stereocenters. The molecule has 1 saturated carbocycles. The van der Waals surface area contributed by atoms with Crippen molar-refractivity contribution in [1.82, 2.24) is 4.90 Å². The molecule has 8 heteroatoms. The highest BCUT2D eigenvalue weighted by atomic mass is 16.5. The molecule has 43 heavy (non-hydrogen) atoms. The molecule has 0 aromatic heterocycles. The fourth-order valence-electron chi connectivity index (χ4n) is 6.59.